The monoisotopic (exact) mass is 276 g/mol. The van der Waals surface area contributed by atoms with Gasteiger partial charge in [-0.15, -0.1) is 0 Å². The minimum atomic E-state index is -1.05. The molecule has 0 heterocycles. The molecule has 3 nitrogen and oxygen atoms in total. The van der Waals surface area contributed by atoms with E-state index in [9.17, 15) is 13.6 Å². The molecule has 1 atom stereocenters. The van der Waals surface area contributed by atoms with E-state index in [0.29, 0.717) is 5.69 Å². The van der Waals surface area contributed by atoms with Crippen molar-refractivity contribution in [2.24, 2.45) is 5.73 Å². The van der Waals surface area contributed by atoms with E-state index in [1.807, 2.05) is 13.0 Å². The summed E-state index contributed by atoms with van der Waals surface area (Å²) in [6.07, 6.45) is 0. The van der Waals surface area contributed by atoms with E-state index < -0.39 is 17.5 Å². The van der Waals surface area contributed by atoms with Crippen LogP contribution >= 0.6 is 0 Å². The van der Waals surface area contributed by atoms with Crippen molar-refractivity contribution < 1.29 is 13.6 Å². The molecule has 0 aromatic heterocycles. The summed E-state index contributed by atoms with van der Waals surface area (Å²) in [4.78, 5) is 11.9. The van der Waals surface area contributed by atoms with Crippen LogP contribution in [0.25, 0.3) is 0 Å². The van der Waals surface area contributed by atoms with Gasteiger partial charge in [-0.25, -0.2) is 8.78 Å². The summed E-state index contributed by atoms with van der Waals surface area (Å²) in [6, 6.07) is 9.89. The van der Waals surface area contributed by atoms with Crippen molar-refractivity contribution in [2.75, 3.05) is 5.32 Å². The lowest BCUT2D eigenvalue weighted by molar-refractivity contribution is 0.102. The molecule has 0 aliphatic heterocycles. The summed E-state index contributed by atoms with van der Waals surface area (Å²) in [7, 11) is 0. The normalized spacial score (nSPS) is 12.0. The van der Waals surface area contributed by atoms with E-state index >= 15 is 0 Å². The van der Waals surface area contributed by atoms with Gasteiger partial charge in [0.05, 0.1) is 0 Å². The maximum Gasteiger partial charge on any atom is 0.255 e. The van der Waals surface area contributed by atoms with Crippen LogP contribution in [-0.2, 0) is 0 Å². The lowest BCUT2D eigenvalue weighted by atomic mass is 10.1. The SMILES string of the molecule is CC(N)c1cccc(NC(=O)c2ccc(F)c(F)c2)c1. The van der Waals surface area contributed by atoms with Crippen molar-refractivity contribution in [2.45, 2.75) is 13.0 Å². The van der Waals surface area contributed by atoms with Crippen LogP contribution in [0.4, 0.5) is 14.5 Å². The molecule has 20 heavy (non-hydrogen) atoms. The number of hydrogen-bond donors (Lipinski definition) is 2. The number of hydrogen-bond acceptors (Lipinski definition) is 2. The third kappa shape index (κ3) is 3.19. The predicted octanol–water partition coefficient (Wildman–Crippen LogP) is 3.24. The van der Waals surface area contributed by atoms with Gasteiger partial charge in [-0.3, -0.25) is 4.79 Å². The third-order valence-electron chi connectivity index (χ3n) is 2.85. The molecule has 2 rings (SSSR count). The highest BCUT2D eigenvalue weighted by Gasteiger charge is 2.10. The Bertz CT molecular complexity index is 642. The zero-order valence-corrected chi connectivity index (χ0v) is 10.9. The molecule has 0 radical (unpaired) electrons. The number of nitrogens with one attached hydrogen (secondary N) is 1. The second kappa shape index (κ2) is 5.79. The fraction of sp³-hybridized carbons (Fsp3) is 0.133. The van der Waals surface area contributed by atoms with Crippen molar-refractivity contribution in [3.05, 3.63) is 65.2 Å². The molecule has 0 saturated carbocycles. The minimum absolute atomic E-state index is 0.0510. The van der Waals surface area contributed by atoms with Gasteiger partial charge in [-0.05, 0) is 42.8 Å². The summed E-state index contributed by atoms with van der Waals surface area (Å²) in [6.45, 7) is 1.83. The Morgan fingerprint density at radius 2 is 1.90 bits per heavy atom. The van der Waals surface area contributed by atoms with E-state index in [1.165, 1.54) is 6.07 Å². The van der Waals surface area contributed by atoms with Gasteiger partial charge >= 0.3 is 0 Å². The molecule has 5 heteroatoms. The highest BCUT2D eigenvalue weighted by molar-refractivity contribution is 6.04. The molecule has 0 fully saturated rings. The minimum Gasteiger partial charge on any atom is -0.324 e. The van der Waals surface area contributed by atoms with E-state index in [4.69, 9.17) is 5.73 Å². The average molecular weight is 276 g/mol. The predicted molar refractivity (Wildman–Crippen MR) is 73.4 cm³/mol. The van der Waals surface area contributed by atoms with Gasteiger partial charge in [0.25, 0.3) is 5.91 Å². The number of rotatable bonds is 3. The Morgan fingerprint density at radius 3 is 2.55 bits per heavy atom. The first-order valence-corrected chi connectivity index (χ1v) is 6.09. The third-order valence-corrected chi connectivity index (χ3v) is 2.85. The molecular weight excluding hydrogens is 262 g/mol. The topological polar surface area (TPSA) is 55.1 Å². The van der Waals surface area contributed by atoms with Gasteiger partial charge in [-0.2, -0.15) is 0 Å². The van der Waals surface area contributed by atoms with Crippen molar-refractivity contribution in [3.8, 4) is 0 Å². The lowest BCUT2D eigenvalue weighted by Crippen LogP contribution is -2.13. The van der Waals surface area contributed by atoms with Crippen molar-refractivity contribution in [1.82, 2.24) is 0 Å². The fourth-order valence-electron chi connectivity index (χ4n) is 1.74. The molecule has 0 saturated heterocycles. The van der Waals surface area contributed by atoms with Crippen LogP contribution < -0.4 is 11.1 Å². The number of anilines is 1. The van der Waals surface area contributed by atoms with Gasteiger partial charge in [0, 0.05) is 17.3 Å². The number of halogens is 2. The van der Waals surface area contributed by atoms with E-state index in [2.05, 4.69) is 5.32 Å². The molecule has 104 valence electrons. The molecule has 1 amide bonds. The zero-order valence-electron chi connectivity index (χ0n) is 10.9. The smallest absolute Gasteiger partial charge is 0.255 e. The van der Waals surface area contributed by atoms with Crippen molar-refractivity contribution in [3.63, 3.8) is 0 Å². The molecule has 3 N–H and O–H groups in total. The summed E-state index contributed by atoms with van der Waals surface area (Å²) >= 11 is 0. The Labute approximate surface area is 115 Å². The van der Waals surface area contributed by atoms with Crippen LogP contribution in [0.1, 0.15) is 28.9 Å². The van der Waals surface area contributed by atoms with Crippen molar-refractivity contribution in [1.29, 1.82) is 0 Å². The van der Waals surface area contributed by atoms with E-state index in [0.717, 1.165) is 17.7 Å². The molecule has 2 aromatic carbocycles. The Hall–Kier alpha value is -2.27. The van der Waals surface area contributed by atoms with E-state index in [1.54, 1.807) is 18.2 Å². The second-order valence-electron chi connectivity index (χ2n) is 4.50. The Balaban J connectivity index is 2.19. The molecule has 0 spiro atoms. The summed E-state index contributed by atoms with van der Waals surface area (Å²) < 4.78 is 25.9. The largest absolute Gasteiger partial charge is 0.324 e. The van der Waals surface area contributed by atoms with Crippen LogP contribution in [0.15, 0.2) is 42.5 Å². The molecular formula is C15H14F2N2O. The van der Waals surface area contributed by atoms with Gasteiger partial charge in [0.15, 0.2) is 11.6 Å². The first kappa shape index (κ1) is 14.1. The molecule has 0 aliphatic carbocycles. The summed E-state index contributed by atoms with van der Waals surface area (Å²) in [5.74, 6) is -2.55. The quantitative estimate of drug-likeness (QED) is 0.904. The highest BCUT2D eigenvalue weighted by atomic mass is 19.2. The molecule has 2 aromatic rings. The molecule has 1 unspecified atom stereocenters. The number of amides is 1. The van der Waals surface area contributed by atoms with Crippen molar-refractivity contribution >= 4 is 11.6 Å². The number of nitrogens with two attached hydrogens (primary N) is 1. The zero-order chi connectivity index (χ0) is 14.7. The van der Waals surface area contributed by atoms with Gasteiger partial charge in [0.1, 0.15) is 0 Å². The fourth-order valence-corrected chi connectivity index (χ4v) is 1.74. The highest BCUT2D eigenvalue weighted by Crippen LogP contribution is 2.17. The first-order chi connectivity index (χ1) is 9.47. The van der Waals surface area contributed by atoms with Gasteiger partial charge < -0.3 is 11.1 Å². The van der Waals surface area contributed by atoms with Gasteiger partial charge in [-0.1, -0.05) is 12.1 Å². The lowest BCUT2D eigenvalue weighted by Gasteiger charge is -2.09. The molecule has 0 bridgehead atoms. The molecule has 0 aliphatic rings. The second-order valence-corrected chi connectivity index (χ2v) is 4.50. The van der Waals surface area contributed by atoms with Crippen LogP contribution in [0.3, 0.4) is 0 Å². The maximum absolute atomic E-state index is 13.1. The van der Waals surface area contributed by atoms with Crippen LogP contribution in [0.2, 0.25) is 0 Å². The Kier molecular flexibility index (Phi) is 4.10. The maximum atomic E-state index is 13.1. The van der Waals surface area contributed by atoms with Crippen LogP contribution in [-0.4, -0.2) is 5.91 Å². The summed E-state index contributed by atoms with van der Waals surface area (Å²) in [5, 5.41) is 2.62. The van der Waals surface area contributed by atoms with E-state index in [-0.39, 0.29) is 11.6 Å². The summed E-state index contributed by atoms with van der Waals surface area (Å²) in [5.41, 5.74) is 7.23. The van der Waals surface area contributed by atoms with Crippen LogP contribution in [0, 0.1) is 11.6 Å². The number of benzene rings is 2. The first-order valence-electron chi connectivity index (χ1n) is 6.09. The van der Waals surface area contributed by atoms with Crippen LogP contribution in [0.5, 0.6) is 0 Å². The van der Waals surface area contributed by atoms with Gasteiger partial charge in [0.2, 0.25) is 0 Å². The Morgan fingerprint density at radius 1 is 1.15 bits per heavy atom. The number of carbonyl (C=O) groups is 1. The number of carbonyl (C=O) groups excluding carboxylic acids is 1. The average Bonchev–Trinajstić information content (AvgIpc) is 2.42. The standard InChI is InChI=1S/C15H14F2N2O/c1-9(18)10-3-2-4-12(7-10)19-15(20)11-5-6-13(16)14(17)8-11/h2-9H,18H2,1H3,(H,19,20).